The van der Waals surface area contributed by atoms with Gasteiger partial charge >= 0.3 is 0 Å². The van der Waals surface area contributed by atoms with Gasteiger partial charge < -0.3 is 4.74 Å². The van der Waals surface area contributed by atoms with Gasteiger partial charge in [0, 0.05) is 56.9 Å². The van der Waals surface area contributed by atoms with E-state index >= 15 is 0 Å². The van der Waals surface area contributed by atoms with Gasteiger partial charge in [0.15, 0.2) is 0 Å². The molecule has 1 rings (SSSR count). The van der Waals surface area contributed by atoms with Crippen molar-refractivity contribution in [1.29, 1.82) is 0 Å². The Morgan fingerprint density at radius 3 is 1.87 bits per heavy atom. The van der Waals surface area contributed by atoms with Crippen molar-refractivity contribution in [2.75, 3.05) is 20.3 Å². The van der Waals surface area contributed by atoms with Gasteiger partial charge in [-0.15, -0.1) is 0 Å². The number of methoxy groups -OCH3 is 1. The van der Waals surface area contributed by atoms with Crippen molar-refractivity contribution in [3.63, 3.8) is 0 Å². The first-order valence-electron chi connectivity index (χ1n) is 5.38. The molecule has 0 aromatic carbocycles. The molecule has 14 heteroatoms. The first-order chi connectivity index (χ1) is 11.2. The highest BCUT2D eigenvalue weighted by molar-refractivity contribution is 7.95. The molecule has 1 aliphatic heterocycles. The standard InChI is InChI=1S/C9H14FNO3S.4F2/c1-14-5-3-2-4-11-8(12)6-7(15-10)9(11)13;4*1-2/h7H,2-6H2,1H3;;;;. The minimum absolute atomic E-state index is 0.00965. The zero-order chi connectivity index (χ0) is 19.3. The summed E-state index contributed by atoms with van der Waals surface area (Å²) < 4.78 is 81.1. The van der Waals surface area contributed by atoms with Gasteiger partial charge in [0.2, 0.25) is 11.8 Å². The maximum Gasteiger partial charge on any atom is 0.245 e. The Balaban J connectivity index is -0.000000196. The summed E-state index contributed by atoms with van der Waals surface area (Å²) in [7, 11) is 1.60. The van der Waals surface area contributed by atoms with Crippen molar-refractivity contribution >= 4 is 24.0 Å². The minimum Gasteiger partial charge on any atom is -0.385 e. The van der Waals surface area contributed by atoms with Crippen molar-refractivity contribution in [2.24, 2.45) is 0 Å². The Bertz CT molecular complexity index is 266. The van der Waals surface area contributed by atoms with Gasteiger partial charge in [-0.3, -0.25) is 14.5 Å². The summed E-state index contributed by atoms with van der Waals surface area (Å²) in [5, 5.41) is -0.820. The monoisotopic (exact) mass is 387 g/mol. The lowest BCUT2D eigenvalue weighted by atomic mass is 10.3. The number of likely N-dealkylation sites (tertiary alicyclic amines) is 1. The van der Waals surface area contributed by atoms with Crippen LogP contribution in [0.3, 0.4) is 0 Å². The molecule has 142 valence electrons. The molecule has 0 aromatic rings. The number of hydrogen-bond acceptors (Lipinski definition) is 4. The number of nitrogens with zero attached hydrogens (tertiary/aromatic N) is 1. The van der Waals surface area contributed by atoms with Crippen molar-refractivity contribution in [1.82, 2.24) is 4.90 Å². The number of rotatable bonds is 6. The maximum atomic E-state index is 12.2. The van der Waals surface area contributed by atoms with E-state index in [4.69, 9.17) is 41.3 Å². The molecule has 1 atom stereocenters. The molecular weight excluding hydrogens is 373 g/mol. The third kappa shape index (κ3) is 14.2. The van der Waals surface area contributed by atoms with E-state index in [0.717, 1.165) is 11.3 Å². The summed E-state index contributed by atoms with van der Waals surface area (Å²) in [6.45, 7) is 0.982. The summed E-state index contributed by atoms with van der Waals surface area (Å²) in [6, 6.07) is 0. The normalized spacial score (nSPS) is 15.0. The molecule has 1 fully saturated rings. The molecule has 0 bridgehead atoms. The highest BCUT2D eigenvalue weighted by Crippen LogP contribution is 2.25. The quantitative estimate of drug-likeness (QED) is 0.382. The average molecular weight is 387 g/mol. The Hall–Kier alpha value is -1.18. The molecule has 0 aromatic heterocycles. The second kappa shape index (κ2) is 25.8. The Morgan fingerprint density at radius 2 is 1.52 bits per heavy atom. The third-order valence-electron chi connectivity index (χ3n) is 2.29. The topological polar surface area (TPSA) is 46.6 Å². The fraction of sp³-hybridized carbons (Fsp3) is 0.778. The van der Waals surface area contributed by atoms with E-state index in [1.54, 1.807) is 7.11 Å². The Kier molecular flexibility index (Phi) is 33.4. The molecule has 1 saturated heterocycles. The van der Waals surface area contributed by atoms with E-state index in [9.17, 15) is 13.5 Å². The molecule has 0 radical (unpaired) electrons. The zero-order valence-corrected chi connectivity index (χ0v) is 12.4. The molecule has 0 spiro atoms. The van der Waals surface area contributed by atoms with Crippen LogP contribution >= 0.6 is 12.1 Å². The summed E-state index contributed by atoms with van der Waals surface area (Å²) in [4.78, 5) is 23.9. The number of carbonyl (C=O) groups is 2. The molecular formula is C9H14F9NO3S. The van der Waals surface area contributed by atoms with Crippen molar-refractivity contribution in [3.05, 3.63) is 0 Å². The molecule has 1 heterocycles. The highest BCUT2D eigenvalue weighted by Gasteiger charge is 2.38. The Morgan fingerprint density at radius 1 is 1.04 bits per heavy atom. The number of amides is 2. The molecule has 4 nitrogen and oxygen atoms in total. The average Bonchev–Trinajstić information content (AvgIpc) is 2.92. The number of unbranched alkanes of at least 4 members (excludes halogenated alkanes) is 1. The van der Waals surface area contributed by atoms with Crippen molar-refractivity contribution in [3.8, 4) is 0 Å². The molecule has 1 aliphatic rings. The van der Waals surface area contributed by atoms with E-state index in [1.165, 1.54) is 0 Å². The highest BCUT2D eigenvalue weighted by atomic mass is 32.2. The fourth-order valence-electron chi connectivity index (χ4n) is 1.47. The second-order valence-corrected chi connectivity index (χ2v) is 4.11. The van der Waals surface area contributed by atoms with Crippen molar-refractivity contribution < 1.29 is 54.8 Å². The summed E-state index contributed by atoms with van der Waals surface area (Å²) in [5.74, 6) is -0.669. The van der Waals surface area contributed by atoms with Crippen LogP contribution < -0.4 is 0 Å². The van der Waals surface area contributed by atoms with Crippen LogP contribution in [-0.2, 0) is 14.3 Å². The van der Waals surface area contributed by atoms with Crippen LogP contribution in [-0.4, -0.2) is 42.2 Å². The van der Waals surface area contributed by atoms with Gasteiger partial charge in [0.25, 0.3) is 0 Å². The largest absolute Gasteiger partial charge is 0.385 e. The molecule has 0 aliphatic carbocycles. The minimum atomic E-state index is -0.820. The molecule has 0 N–H and O–H groups in total. The van der Waals surface area contributed by atoms with E-state index in [2.05, 4.69) is 0 Å². The maximum absolute atomic E-state index is 12.2. The lowest BCUT2D eigenvalue weighted by molar-refractivity contribution is -0.138. The summed E-state index contributed by atoms with van der Waals surface area (Å²) in [5.41, 5.74) is 0. The fourth-order valence-corrected chi connectivity index (χ4v) is 1.88. The van der Waals surface area contributed by atoms with E-state index in [1.807, 2.05) is 0 Å². The van der Waals surface area contributed by atoms with Crippen molar-refractivity contribution in [2.45, 2.75) is 24.5 Å². The van der Waals surface area contributed by atoms with E-state index in [-0.39, 0.29) is 24.5 Å². The smallest absolute Gasteiger partial charge is 0.245 e. The van der Waals surface area contributed by atoms with Gasteiger partial charge in [0.1, 0.15) is 5.25 Å². The summed E-state index contributed by atoms with van der Waals surface area (Å²) >= 11 is -0.0450. The van der Waals surface area contributed by atoms with Crippen LogP contribution in [0.2, 0.25) is 0 Å². The van der Waals surface area contributed by atoms with Gasteiger partial charge in [-0.25, -0.2) is 0 Å². The number of carbonyl (C=O) groups excluding carboxylic acids is 2. The van der Waals surface area contributed by atoms with Gasteiger partial charge in [-0.05, 0) is 12.8 Å². The predicted octanol–water partition coefficient (Wildman–Crippen LogP) is 4.52. The number of halogens is 9. The van der Waals surface area contributed by atoms with Crippen LogP contribution in [0.25, 0.3) is 0 Å². The van der Waals surface area contributed by atoms with Crippen LogP contribution in [0.4, 0.5) is 40.5 Å². The van der Waals surface area contributed by atoms with E-state index < -0.39 is 11.2 Å². The number of ether oxygens (including phenoxy) is 1. The number of hydrogen-bond donors (Lipinski definition) is 0. The third-order valence-corrected chi connectivity index (χ3v) is 2.87. The number of imide groups is 1. The zero-order valence-electron chi connectivity index (χ0n) is 11.6. The lowest BCUT2D eigenvalue weighted by Gasteiger charge is -2.13. The van der Waals surface area contributed by atoms with Gasteiger partial charge in [-0.1, -0.05) is 0 Å². The van der Waals surface area contributed by atoms with Crippen LogP contribution in [0.1, 0.15) is 19.3 Å². The Labute approximate surface area is 129 Å². The predicted molar refractivity (Wildman–Crippen MR) is 63.8 cm³/mol. The molecule has 1 unspecified atom stereocenters. The first-order valence-corrected chi connectivity index (χ1v) is 6.16. The molecule has 23 heavy (non-hydrogen) atoms. The SMILES string of the molecule is COCCCCN1C(=O)CC(SF)C1=O.FF.FF.FF.FF. The van der Waals surface area contributed by atoms with Gasteiger partial charge in [-0.2, -0.15) is 3.89 Å². The van der Waals surface area contributed by atoms with Crippen LogP contribution in [0.5, 0.6) is 0 Å². The second-order valence-electron chi connectivity index (χ2n) is 3.37. The van der Waals surface area contributed by atoms with Gasteiger partial charge in [0.05, 0.1) is 18.6 Å². The van der Waals surface area contributed by atoms with E-state index in [0.29, 0.717) is 19.6 Å². The summed E-state index contributed by atoms with van der Waals surface area (Å²) in [6.07, 6.45) is 1.49. The first kappa shape index (κ1) is 29.8. The van der Waals surface area contributed by atoms with Crippen LogP contribution in [0.15, 0.2) is 0 Å². The van der Waals surface area contributed by atoms with Crippen LogP contribution in [0, 0.1) is 0 Å². The molecule has 2 amide bonds. The lowest BCUT2D eigenvalue weighted by Crippen LogP contribution is -2.32. The molecule has 0 saturated carbocycles.